The van der Waals surface area contributed by atoms with E-state index >= 15 is 0 Å². The van der Waals surface area contributed by atoms with Crippen LogP contribution in [0.3, 0.4) is 0 Å². The summed E-state index contributed by atoms with van der Waals surface area (Å²) in [6.45, 7) is 4.50. The fourth-order valence-corrected chi connectivity index (χ4v) is 4.14. The van der Waals surface area contributed by atoms with E-state index in [2.05, 4.69) is 44.0 Å². The number of amides is 1. The number of nitrogens with zero attached hydrogens (tertiary/aromatic N) is 4. The van der Waals surface area contributed by atoms with Crippen molar-refractivity contribution >= 4 is 16.9 Å². The molecule has 5 rings (SSSR count). The van der Waals surface area contributed by atoms with Gasteiger partial charge in [0, 0.05) is 57.6 Å². The number of hydrogen-bond donors (Lipinski definition) is 1. The fraction of sp³-hybridized carbons (Fsp3) is 0.269. The molecular formula is C26H27N5O3. The summed E-state index contributed by atoms with van der Waals surface area (Å²) in [5.41, 5.74) is 4.51. The van der Waals surface area contributed by atoms with Gasteiger partial charge in [-0.15, -0.1) is 0 Å². The van der Waals surface area contributed by atoms with Crippen molar-refractivity contribution in [1.29, 1.82) is 0 Å². The first-order valence-corrected chi connectivity index (χ1v) is 11.3. The van der Waals surface area contributed by atoms with E-state index in [-0.39, 0.29) is 5.91 Å². The number of pyridine rings is 1. The molecule has 0 spiro atoms. The van der Waals surface area contributed by atoms with Crippen LogP contribution in [0.4, 0.5) is 0 Å². The minimum atomic E-state index is -0.258. The summed E-state index contributed by atoms with van der Waals surface area (Å²) < 4.78 is 13.5. The average Bonchev–Trinajstić information content (AvgIpc) is 3.20. The van der Waals surface area contributed by atoms with Gasteiger partial charge in [-0.2, -0.15) is 0 Å². The summed E-state index contributed by atoms with van der Waals surface area (Å²) in [6, 6.07) is 17.7. The lowest BCUT2D eigenvalue weighted by atomic mass is 10.1. The first-order chi connectivity index (χ1) is 16.6. The lowest BCUT2D eigenvalue weighted by Crippen LogP contribution is -2.35. The molecule has 4 aromatic rings. The molecule has 34 heavy (non-hydrogen) atoms. The summed E-state index contributed by atoms with van der Waals surface area (Å²) in [6.07, 6.45) is 1.56. The molecule has 1 amide bonds. The van der Waals surface area contributed by atoms with Crippen LogP contribution in [0.25, 0.3) is 22.4 Å². The molecule has 8 heteroatoms. The van der Waals surface area contributed by atoms with Crippen LogP contribution in [-0.4, -0.2) is 58.7 Å². The van der Waals surface area contributed by atoms with Gasteiger partial charge < -0.3 is 19.4 Å². The molecular weight excluding hydrogens is 430 g/mol. The zero-order valence-electron chi connectivity index (χ0n) is 19.3. The highest BCUT2D eigenvalue weighted by atomic mass is 16.5. The normalized spacial score (nSPS) is 14.3. The fourth-order valence-electron chi connectivity index (χ4n) is 4.14. The van der Waals surface area contributed by atoms with Gasteiger partial charge in [-0.05, 0) is 23.8 Å². The topological polar surface area (TPSA) is 81.5 Å². The third-order valence-corrected chi connectivity index (χ3v) is 6.00. The highest BCUT2D eigenvalue weighted by molar-refractivity contribution is 5.92. The first kappa shape index (κ1) is 22.1. The van der Waals surface area contributed by atoms with Gasteiger partial charge >= 0.3 is 0 Å². The molecule has 174 valence electrons. The van der Waals surface area contributed by atoms with Crippen LogP contribution < -0.4 is 10.1 Å². The standard InChI is InChI=1S/C26H27N5O3/c1-27-26(32)23-16-21(9-10-28-23)34-20-7-8-24-22(15-20)29-25(30(24)2)19-5-3-18(4-6-19)17-31-11-13-33-14-12-31/h3-10,15-16H,11-14,17H2,1-2H3,(H,27,32). The van der Waals surface area contributed by atoms with E-state index in [1.54, 1.807) is 25.4 Å². The quantitative estimate of drug-likeness (QED) is 0.476. The molecule has 1 saturated heterocycles. The summed E-state index contributed by atoms with van der Waals surface area (Å²) in [4.78, 5) is 23.2. The van der Waals surface area contributed by atoms with Crippen LogP contribution in [0.2, 0.25) is 0 Å². The van der Waals surface area contributed by atoms with Crippen molar-refractivity contribution in [2.75, 3.05) is 33.4 Å². The Morgan fingerprint density at radius 3 is 2.59 bits per heavy atom. The van der Waals surface area contributed by atoms with E-state index in [4.69, 9.17) is 14.5 Å². The van der Waals surface area contributed by atoms with Gasteiger partial charge in [0.2, 0.25) is 0 Å². The number of benzene rings is 2. The lowest BCUT2D eigenvalue weighted by molar-refractivity contribution is 0.0342. The maximum absolute atomic E-state index is 11.8. The number of ether oxygens (including phenoxy) is 2. The zero-order chi connectivity index (χ0) is 23.5. The van der Waals surface area contributed by atoms with Gasteiger partial charge in [0.1, 0.15) is 23.0 Å². The Kier molecular flexibility index (Phi) is 6.24. The molecule has 1 N–H and O–H groups in total. The molecule has 3 heterocycles. The molecule has 0 aliphatic carbocycles. The molecule has 0 saturated carbocycles. The Morgan fingerprint density at radius 2 is 1.82 bits per heavy atom. The number of carbonyl (C=O) groups excluding carboxylic acids is 1. The van der Waals surface area contributed by atoms with Crippen LogP contribution in [-0.2, 0) is 18.3 Å². The van der Waals surface area contributed by atoms with Crippen molar-refractivity contribution in [3.05, 3.63) is 72.1 Å². The highest BCUT2D eigenvalue weighted by Gasteiger charge is 2.14. The molecule has 1 fully saturated rings. The average molecular weight is 458 g/mol. The van der Waals surface area contributed by atoms with Crippen LogP contribution in [0.1, 0.15) is 16.1 Å². The SMILES string of the molecule is CNC(=O)c1cc(Oc2ccc3c(c2)nc(-c2ccc(CN4CCOCC4)cc2)n3C)ccn1. The molecule has 0 radical (unpaired) electrons. The summed E-state index contributed by atoms with van der Waals surface area (Å²) in [5, 5.41) is 2.57. The van der Waals surface area contributed by atoms with Crippen LogP contribution >= 0.6 is 0 Å². The number of carbonyl (C=O) groups is 1. The number of nitrogens with one attached hydrogen (secondary N) is 1. The molecule has 2 aromatic carbocycles. The zero-order valence-corrected chi connectivity index (χ0v) is 19.3. The van der Waals surface area contributed by atoms with E-state index in [0.29, 0.717) is 17.2 Å². The van der Waals surface area contributed by atoms with E-state index in [0.717, 1.165) is 55.3 Å². The van der Waals surface area contributed by atoms with Crippen molar-refractivity contribution < 1.29 is 14.3 Å². The van der Waals surface area contributed by atoms with Gasteiger partial charge in [-0.3, -0.25) is 14.7 Å². The Hall–Kier alpha value is -3.75. The van der Waals surface area contributed by atoms with Crippen LogP contribution in [0.15, 0.2) is 60.8 Å². The van der Waals surface area contributed by atoms with Gasteiger partial charge in [0.05, 0.1) is 24.2 Å². The summed E-state index contributed by atoms with van der Waals surface area (Å²) in [5.74, 6) is 1.83. The number of imidazole rings is 1. The molecule has 1 aliphatic rings. The van der Waals surface area contributed by atoms with E-state index in [1.807, 2.05) is 25.2 Å². The van der Waals surface area contributed by atoms with Gasteiger partial charge in [-0.25, -0.2) is 4.98 Å². The van der Waals surface area contributed by atoms with Crippen LogP contribution in [0, 0.1) is 0 Å². The second kappa shape index (κ2) is 9.62. The van der Waals surface area contributed by atoms with Crippen molar-refractivity contribution in [1.82, 2.24) is 24.8 Å². The summed E-state index contributed by atoms with van der Waals surface area (Å²) in [7, 11) is 3.59. The van der Waals surface area contributed by atoms with Crippen molar-refractivity contribution in [2.45, 2.75) is 6.54 Å². The molecule has 1 aliphatic heterocycles. The minimum Gasteiger partial charge on any atom is -0.457 e. The smallest absolute Gasteiger partial charge is 0.269 e. The van der Waals surface area contributed by atoms with Crippen molar-refractivity contribution in [2.24, 2.45) is 7.05 Å². The maximum atomic E-state index is 11.8. The van der Waals surface area contributed by atoms with Crippen molar-refractivity contribution in [3.8, 4) is 22.9 Å². The second-order valence-corrected chi connectivity index (χ2v) is 8.29. The minimum absolute atomic E-state index is 0.258. The van der Waals surface area contributed by atoms with E-state index < -0.39 is 0 Å². The predicted octanol–water partition coefficient (Wildman–Crippen LogP) is 3.62. The number of aromatic nitrogens is 3. The van der Waals surface area contributed by atoms with E-state index in [9.17, 15) is 4.79 Å². The second-order valence-electron chi connectivity index (χ2n) is 8.29. The number of rotatable bonds is 6. The first-order valence-electron chi connectivity index (χ1n) is 11.3. The third-order valence-electron chi connectivity index (χ3n) is 6.00. The molecule has 0 bridgehead atoms. The highest BCUT2D eigenvalue weighted by Crippen LogP contribution is 2.29. The third kappa shape index (κ3) is 4.64. The Bertz CT molecular complexity index is 1310. The van der Waals surface area contributed by atoms with Gasteiger partial charge in [0.25, 0.3) is 5.91 Å². The lowest BCUT2D eigenvalue weighted by Gasteiger charge is -2.26. The summed E-state index contributed by atoms with van der Waals surface area (Å²) >= 11 is 0. The van der Waals surface area contributed by atoms with Gasteiger partial charge in [-0.1, -0.05) is 24.3 Å². The maximum Gasteiger partial charge on any atom is 0.269 e. The molecule has 8 nitrogen and oxygen atoms in total. The molecule has 2 aromatic heterocycles. The van der Waals surface area contributed by atoms with Crippen molar-refractivity contribution in [3.63, 3.8) is 0 Å². The van der Waals surface area contributed by atoms with E-state index in [1.165, 1.54) is 5.56 Å². The number of morpholine rings is 1. The van der Waals surface area contributed by atoms with Crippen LogP contribution in [0.5, 0.6) is 11.5 Å². The predicted molar refractivity (Wildman–Crippen MR) is 130 cm³/mol. The molecule has 0 atom stereocenters. The van der Waals surface area contributed by atoms with Gasteiger partial charge in [0.15, 0.2) is 0 Å². The largest absolute Gasteiger partial charge is 0.457 e. The number of aryl methyl sites for hydroxylation is 1. The number of fused-ring (bicyclic) bond motifs is 1. The monoisotopic (exact) mass is 457 g/mol. The Balaban J connectivity index is 1.36. The Morgan fingerprint density at radius 1 is 1.06 bits per heavy atom. The Labute approximate surface area is 198 Å². The number of hydrogen-bond acceptors (Lipinski definition) is 6. The molecule has 0 unspecified atom stereocenters.